The van der Waals surface area contributed by atoms with Crippen LogP contribution in [0.1, 0.15) is 27.2 Å². The fraction of sp³-hybridized carbons (Fsp3) is 0.667. The summed E-state index contributed by atoms with van der Waals surface area (Å²) in [7, 11) is 5.51. The fourth-order valence-corrected chi connectivity index (χ4v) is 0.802. The molecule has 0 rings (SSSR count). The summed E-state index contributed by atoms with van der Waals surface area (Å²) in [4.78, 5) is 0. The van der Waals surface area contributed by atoms with Gasteiger partial charge in [0.25, 0.3) is 0 Å². The number of hydrogen-bond donors (Lipinski definition) is 0. The first kappa shape index (κ1) is 11.3. The summed E-state index contributed by atoms with van der Waals surface area (Å²) in [6.45, 7) is 10.6. The smallest absolute Gasteiger partial charge is 0.109 e. The summed E-state index contributed by atoms with van der Waals surface area (Å²) < 4.78 is 0. The predicted molar refractivity (Wildman–Crippen MR) is 55.2 cm³/mol. The molecule has 0 aliphatic carbocycles. The minimum atomic E-state index is 0.681. The van der Waals surface area contributed by atoms with Gasteiger partial charge >= 0.3 is 0 Å². The van der Waals surface area contributed by atoms with E-state index in [4.69, 9.17) is 7.85 Å². The molecule has 2 radical (unpaired) electrons. The number of nitrogens with zero attached hydrogens (tertiary/aromatic N) is 2. The highest BCUT2D eigenvalue weighted by molar-refractivity contribution is 6.21. The molecule has 0 N–H and O–H groups in total. The van der Waals surface area contributed by atoms with E-state index in [2.05, 4.69) is 25.7 Å². The standard InChI is InChI=1S/C9H17BN2/c1-8(2)5-6-12(11-4)7-9(3)10/h7-8H,4-6H2,1-3H3/b9-7+. The largest absolute Gasteiger partial charge is 0.274 e. The highest BCUT2D eigenvalue weighted by atomic mass is 15.4. The molecule has 0 saturated carbocycles. The Hall–Kier alpha value is -0.725. The van der Waals surface area contributed by atoms with Crippen molar-refractivity contribution < 1.29 is 0 Å². The molecular formula is C9H17BN2. The van der Waals surface area contributed by atoms with Crippen LogP contribution in [0.3, 0.4) is 0 Å². The van der Waals surface area contributed by atoms with Gasteiger partial charge in [-0.15, -0.1) is 5.47 Å². The molecule has 0 aromatic heterocycles. The monoisotopic (exact) mass is 164 g/mol. The lowest BCUT2D eigenvalue weighted by Gasteiger charge is -2.15. The van der Waals surface area contributed by atoms with E-state index in [1.807, 2.05) is 6.92 Å². The Bertz CT molecular complexity index is 160. The number of allylic oxidation sites excluding steroid dienone is 1. The number of hydrogen-bond acceptors (Lipinski definition) is 2. The molecule has 0 atom stereocenters. The zero-order valence-corrected chi connectivity index (χ0v) is 8.25. The normalized spacial score (nSPS) is 11.8. The van der Waals surface area contributed by atoms with E-state index < -0.39 is 0 Å². The Balaban J connectivity index is 3.84. The Kier molecular flexibility index (Phi) is 5.51. The molecule has 0 aliphatic rings. The van der Waals surface area contributed by atoms with Crippen molar-refractivity contribution in [1.29, 1.82) is 0 Å². The first-order valence-electron chi connectivity index (χ1n) is 4.23. The van der Waals surface area contributed by atoms with Crippen LogP contribution in [0, 0.1) is 5.92 Å². The molecule has 0 fully saturated rings. The van der Waals surface area contributed by atoms with Crippen LogP contribution >= 0.6 is 0 Å². The summed E-state index contributed by atoms with van der Waals surface area (Å²) in [5, 5.41) is 5.60. The molecule has 2 nitrogen and oxygen atoms in total. The predicted octanol–water partition coefficient (Wildman–Crippen LogP) is 1.98. The zero-order valence-electron chi connectivity index (χ0n) is 8.25. The van der Waals surface area contributed by atoms with E-state index in [-0.39, 0.29) is 0 Å². The third-order valence-corrected chi connectivity index (χ3v) is 1.47. The van der Waals surface area contributed by atoms with Crippen molar-refractivity contribution in [3.8, 4) is 0 Å². The van der Waals surface area contributed by atoms with Gasteiger partial charge in [0.2, 0.25) is 0 Å². The molecule has 0 heterocycles. The highest BCUT2D eigenvalue weighted by Gasteiger charge is 1.98. The summed E-state index contributed by atoms with van der Waals surface area (Å²) in [6, 6.07) is 0. The van der Waals surface area contributed by atoms with Crippen LogP contribution in [0.5, 0.6) is 0 Å². The molecule has 66 valence electrons. The Labute approximate surface area is 76.7 Å². The van der Waals surface area contributed by atoms with Gasteiger partial charge in [-0.2, -0.15) is 5.10 Å². The first-order chi connectivity index (χ1) is 5.56. The van der Waals surface area contributed by atoms with Crippen molar-refractivity contribution in [1.82, 2.24) is 5.01 Å². The average Bonchev–Trinajstić information content (AvgIpc) is 1.97. The minimum Gasteiger partial charge on any atom is -0.274 e. The molecular weight excluding hydrogens is 147 g/mol. The molecule has 0 amide bonds. The summed E-state index contributed by atoms with van der Waals surface area (Å²) >= 11 is 0. The van der Waals surface area contributed by atoms with Gasteiger partial charge in [-0.25, -0.2) is 0 Å². The second-order valence-corrected chi connectivity index (χ2v) is 3.36. The molecule has 0 aliphatic heterocycles. The van der Waals surface area contributed by atoms with E-state index in [1.54, 1.807) is 11.2 Å². The molecule has 0 aromatic rings. The van der Waals surface area contributed by atoms with Crippen molar-refractivity contribution in [2.45, 2.75) is 27.2 Å². The molecule has 0 unspecified atom stereocenters. The van der Waals surface area contributed by atoms with E-state index in [0.29, 0.717) is 5.92 Å². The topological polar surface area (TPSA) is 15.6 Å². The van der Waals surface area contributed by atoms with Crippen LogP contribution in [-0.2, 0) is 0 Å². The third kappa shape index (κ3) is 6.02. The zero-order chi connectivity index (χ0) is 9.56. The maximum Gasteiger partial charge on any atom is 0.109 e. The summed E-state index contributed by atoms with van der Waals surface area (Å²) in [5.74, 6) is 0.681. The van der Waals surface area contributed by atoms with Gasteiger partial charge in [0, 0.05) is 19.5 Å². The van der Waals surface area contributed by atoms with Crippen molar-refractivity contribution in [2.75, 3.05) is 6.54 Å². The highest BCUT2D eigenvalue weighted by Crippen LogP contribution is 2.03. The summed E-state index contributed by atoms with van der Waals surface area (Å²) in [6.07, 6.45) is 2.90. The van der Waals surface area contributed by atoms with Crippen molar-refractivity contribution in [3.63, 3.8) is 0 Å². The molecule has 3 heteroatoms. The molecule has 0 bridgehead atoms. The molecule has 0 saturated heterocycles. The average molecular weight is 164 g/mol. The van der Waals surface area contributed by atoms with Gasteiger partial charge in [0.1, 0.15) is 7.85 Å². The maximum atomic E-state index is 5.51. The van der Waals surface area contributed by atoms with Gasteiger partial charge in [-0.3, -0.25) is 5.01 Å². The van der Waals surface area contributed by atoms with Gasteiger partial charge < -0.3 is 0 Å². The Morgan fingerprint density at radius 2 is 2.25 bits per heavy atom. The lowest BCUT2D eigenvalue weighted by Crippen LogP contribution is -2.13. The van der Waals surface area contributed by atoms with E-state index in [1.165, 1.54) is 0 Å². The fourth-order valence-electron chi connectivity index (χ4n) is 0.802. The van der Waals surface area contributed by atoms with Crippen molar-refractivity contribution in [3.05, 3.63) is 11.7 Å². The minimum absolute atomic E-state index is 0.681. The maximum absolute atomic E-state index is 5.51. The molecule has 12 heavy (non-hydrogen) atoms. The first-order valence-corrected chi connectivity index (χ1v) is 4.23. The number of hydrazone groups is 1. The molecule has 0 aromatic carbocycles. The van der Waals surface area contributed by atoms with Crippen LogP contribution < -0.4 is 0 Å². The SMILES string of the molecule is [B]/C(C)=C/N(CCC(C)C)N=C. The second-order valence-electron chi connectivity index (χ2n) is 3.36. The van der Waals surface area contributed by atoms with Crippen LogP contribution in [0.2, 0.25) is 0 Å². The van der Waals surface area contributed by atoms with Crippen molar-refractivity contribution >= 4 is 14.6 Å². The van der Waals surface area contributed by atoms with Gasteiger partial charge in [-0.05, 0) is 12.3 Å². The van der Waals surface area contributed by atoms with E-state index >= 15 is 0 Å². The van der Waals surface area contributed by atoms with Crippen LogP contribution in [-0.4, -0.2) is 26.1 Å². The summed E-state index contributed by atoms with van der Waals surface area (Å²) in [5.41, 5.74) is 0.756. The van der Waals surface area contributed by atoms with Crippen LogP contribution in [0.15, 0.2) is 16.8 Å². The lowest BCUT2D eigenvalue weighted by atomic mass is 9.99. The second kappa shape index (κ2) is 5.87. The lowest BCUT2D eigenvalue weighted by molar-refractivity contribution is 0.364. The van der Waals surface area contributed by atoms with Gasteiger partial charge in [0.05, 0.1) is 0 Å². The van der Waals surface area contributed by atoms with E-state index in [0.717, 1.165) is 18.4 Å². The quantitative estimate of drug-likeness (QED) is 0.344. The Morgan fingerprint density at radius 1 is 1.67 bits per heavy atom. The number of rotatable bonds is 5. The third-order valence-electron chi connectivity index (χ3n) is 1.47. The van der Waals surface area contributed by atoms with Crippen molar-refractivity contribution in [2.24, 2.45) is 11.0 Å². The van der Waals surface area contributed by atoms with Gasteiger partial charge in [-0.1, -0.05) is 20.8 Å². The Morgan fingerprint density at radius 3 is 2.58 bits per heavy atom. The van der Waals surface area contributed by atoms with Crippen LogP contribution in [0.4, 0.5) is 0 Å². The van der Waals surface area contributed by atoms with Gasteiger partial charge in [0.15, 0.2) is 0 Å². The van der Waals surface area contributed by atoms with E-state index in [9.17, 15) is 0 Å². The molecule has 0 spiro atoms. The van der Waals surface area contributed by atoms with Crippen LogP contribution in [0.25, 0.3) is 0 Å².